The van der Waals surface area contributed by atoms with Crippen LogP contribution < -0.4 is 16.8 Å². The molecular formula is C8H13N5O2. The van der Waals surface area contributed by atoms with Gasteiger partial charge in [-0.15, -0.1) is 0 Å². The minimum absolute atomic E-state index is 0.0923. The summed E-state index contributed by atoms with van der Waals surface area (Å²) in [5.74, 6) is -0.889. The minimum Gasteiger partial charge on any atom is -0.395 e. The van der Waals surface area contributed by atoms with Crippen molar-refractivity contribution in [2.75, 3.05) is 12.3 Å². The molecular weight excluding hydrogens is 198 g/mol. The summed E-state index contributed by atoms with van der Waals surface area (Å²) in [5.41, 5.74) is 11.6. The molecule has 1 aromatic heterocycles. The number of aromatic nitrogens is 2. The molecule has 7 nitrogen and oxygen atoms in total. The van der Waals surface area contributed by atoms with E-state index in [0.717, 1.165) is 0 Å². The normalized spacial score (nSPS) is 9.93. The lowest BCUT2D eigenvalue weighted by atomic mass is 10.3. The number of aromatic amines is 1. The molecule has 0 fully saturated rings. The summed E-state index contributed by atoms with van der Waals surface area (Å²) < 4.78 is 0. The molecule has 0 saturated carbocycles. The van der Waals surface area contributed by atoms with Crippen molar-refractivity contribution in [3.63, 3.8) is 0 Å². The second kappa shape index (κ2) is 4.45. The number of nitrogens with zero attached hydrogens (tertiary/aromatic N) is 1. The summed E-state index contributed by atoms with van der Waals surface area (Å²) in [6, 6.07) is 0. The van der Waals surface area contributed by atoms with Gasteiger partial charge in [-0.1, -0.05) is 0 Å². The minimum atomic E-state index is -0.471. The first kappa shape index (κ1) is 11.0. The van der Waals surface area contributed by atoms with E-state index < -0.39 is 11.8 Å². The highest BCUT2D eigenvalue weighted by Gasteiger charge is 2.14. The van der Waals surface area contributed by atoms with E-state index >= 15 is 0 Å². The summed E-state index contributed by atoms with van der Waals surface area (Å²) in [5, 5.41) is 8.81. The highest BCUT2D eigenvalue weighted by Crippen LogP contribution is 2.11. The molecule has 0 aliphatic heterocycles. The molecule has 0 unspecified atom stereocenters. The third-order valence-corrected chi connectivity index (χ3v) is 1.87. The van der Waals surface area contributed by atoms with Crippen molar-refractivity contribution in [2.45, 2.75) is 13.3 Å². The molecule has 0 atom stereocenters. The second-order valence-electron chi connectivity index (χ2n) is 3.08. The van der Waals surface area contributed by atoms with E-state index in [-0.39, 0.29) is 18.7 Å². The number of hydrogen-bond donors (Lipinski definition) is 4. The van der Waals surface area contributed by atoms with E-state index in [1.54, 1.807) is 6.92 Å². The van der Waals surface area contributed by atoms with Gasteiger partial charge in [0.05, 0.1) is 11.4 Å². The molecule has 0 radical (unpaired) electrons. The summed E-state index contributed by atoms with van der Waals surface area (Å²) >= 11 is 0. The van der Waals surface area contributed by atoms with Gasteiger partial charge in [-0.05, 0) is 6.92 Å². The van der Waals surface area contributed by atoms with Gasteiger partial charge >= 0.3 is 0 Å². The Kier molecular flexibility index (Phi) is 3.27. The number of nitrogen functional groups attached to an aromatic ring is 1. The van der Waals surface area contributed by atoms with E-state index in [4.69, 9.17) is 11.5 Å². The Bertz CT molecular complexity index is 384. The van der Waals surface area contributed by atoms with Gasteiger partial charge in [0.2, 0.25) is 5.91 Å². The third kappa shape index (κ3) is 2.70. The fourth-order valence-electron chi connectivity index (χ4n) is 0.994. The zero-order chi connectivity index (χ0) is 11.4. The smallest absolute Gasteiger partial charge is 0.273 e. The predicted molar refractivity (Wildman–Crippen MR) is 53.9 cm³/mol. The second-order valence-corrected chi connectivity index (χ2v) is 3.08. The standard InChI is InChI=1S/C8H13N5O2/c1-4-6(10)7(13-12-4)8(15)11-3-2-5(9)14/h2-3,10H2,1H3,(H2,9,14)(H,11,15)(H,12,13). The van der Waals surface area contributed by atoms with Gasteiger partial charge in [0.15, 0.2) is 5.69 Å². The molecule has 82 valence electrons. The Morgan fingerprint density at radius 3 is 2.67 bits per heavy atom. The Morgan fingerprint density at radius 2 is 2.20 bits per heavy atom. The summed E-state index contributed by atoms with van der Waals surface area (Å²) in [6.07, 6.45) is 0.0923. The maximum atomic E-state index is 11.4. The Balaban J connectivity index is 2.54. The van der Waals surface area contributed by atoms with E-state index in [0.29, 0.717) is 11.4 Å². The molecule has 2 amide bonds. The van der Waals surface area contributed by atoms with Crippen molar-refractivity contribution in [3.8, 4) is 0 Å². The molecule has 0 aliphatic carbocycles. The number of primary amides is 1. The van der Waals surface area contributed by atoms with Gasteiger partial charge < -0.3 is 16.8 Å². The molecule has 6 N–H and O–H groups in total. The van der Waals surface area contributed by atoms with Crippen LogP contribution in [-0.4, -0.2) is 28.6 Å². The fraction of sp³-hybridized carbons (Fsp3) is 0.375. The Morgan fingerprint density at radius 1 is 1.53 bits per heavy atom. The molecule has 1 rings (SSSR count). The lowest BCUT2D eigenvalue weighted by Crippen LogP contribution is -2.28. The van der Waals surface area contributed by atoms with E-state index in [1.807, 2.05) is 0 Å². The van der Waals surface area contributed by atoms with Crippen LogP contribution in [-0.2, 0) is 4.79 Å². The number of carbonyl (C=O) groups is 2. The van der Waals surface area contributed by atoms with Crippen LogP contribution in [0.4, 0.5) is 5.69 Å². The summed E-state index contributed by atoms with van der Waals surface area (Å²) in [4.78, 5) is 21.8. The van der Waals surface area contributed by atoms with Crippen LogP contribution in [0, 0.1) is 6.92 Å². The van der Waals surface area contributed by atoms with Gasteiger partial charge in [-0.3, -0.25) is 14.7 Å². The van der Waals surface area contributed by atoms with E-state index in [2.05, 4.69) is 15.5 Å². The zero-order valence-electron chi connectivity index (χ0n) is 8.33. The number of H-pyrrole nitrogens is 1. The molecule has 1 aromatic rings. The van der Waals surface area contributed by atoms with Gasteiger partial charge in [-0.2, -0.15) is 5.10 Å². The molecule has 1 heterocycles. The summed E-state index contributed by atoms with van der Waals surface area (Å²) in [7, 11) is 0. The molecule has 0 spiro atoms. The topological polar surface area (TPSA) is 127 Å². The van der Waals surface area contributed by atoms with Crippen molar-refractivity contribution in [2.24, 2.45) is 5.73 Å². The lowest BCUT2D eigenvalue weighted by molar-refractivity contribution is -0.117. The highest BCUT2D eigenvalue weighted by atomic mass is 16.2. The quantitative estimate of drug-likeness (QED) is 0.504. The van der Waals surface area contributed by atoms with E-state index in [1.165, 1.54) is 0 Å². The van der Waals surface area contributed by atoms with Crippen LogP contribution >= 0.6 is 0 Å². The first-order chi connectivity index (χ1) is 7.02. The molecule has 15 heavy (non-hydrogen) atoms. The number of anilines is 1. The van der Waals surface area contributed by atoms with Crippen molar-refractivity contribution in [3.05, 3.63) is 11.4 Å². The van der Waals surface area contributed by atoms with Crippen LogP contribution in [0.25, 0.3) is 0 Å². The predicted octanol–water partition coefficient (Wildman–Crippen LogP) is -1.09. The maximum Gasteiger partial charge on any atom is 0.273 e. The number of aryl methyl sites for hydroxylation is 1. The molecule has 0 aliphatic rings. The number of rotatable bonds is 4. The van der Waals surface area contributed by atoms with Crippen LogP contribution in [0.2, 0.25) is 0 Å². The first-order valence-electron chi connectivity index (χ1n) is 4.39. The summed E-state index contributed by atoms with van der Waals surface area (Å²) in [6.45, 7) is 1.89. The Hall–Kier alpha value is -2.05. The maximum absolute atomic E-state index is 11.4. The molecule has 0 aromatic carbocycles. The third-order valence-electron chi connectivity index (χ3n) is 1.87. The van der Waals surface area contributed by atoms with Crippen molar-refractivity contribution in [1.82, 2.24) is 15.5 Å². The highest BCUT2D eigenvalue weighted by molar-refractivity contribution is 5.97. The van der Waals surface area contributed by atoms with Crippen molar-refractivity contribution >= 4 is 17.5 Å². The molecule has 7 heteroatoms. The van der Waals surface area contributed by atoms with Gasteiger partial charge in [-0.25, -0.2) is 0 Å². The van der Waals surface area contributed by atoms with Gasteiger partial charge in [0.25, 0.3) is 5.91 Å². The number of carbonyl (C=O) groups excluding carboxylic acids is 2. The fourth-order valence-corrected chi connectivity index (χ4v) is 0.994. The van der Waals surface area contributed by atoms with E-state index in [9.17, 15) is 9.59 Å². The molecule has 0 saturated heterocycles. The average molecular weight is 211 g/mol. The monoisotopic (exact) mass is 211 g/mol. The van der Waals surface area contributed by atoms with Gasteiger partial charge in [0, 0.05) is 13.0 Å². The van der Waals surface area contributed by atoms with Crippen LogP contribution in [0.15, 0.2) is 0 Å². The molecule has 0 bridgehead atoms. The van der Waals surface area contributed by atoms with Gasteiger partial charge in [0.1, 0.15) is 0 Å². The number of hydrogen-bond acceptors (Lipinski definition) is 4. The lowest BCUT2D eigenvalue weighted by Gasteiger charge is -2.01. The number of nitrogens with one attached hydrogen (secondary N) is 2. The van der Waals surface area contributed by atoms with Crippen LogP contribution in [0.1, 0.15) is 22.6 Å². The SMILES string of the molecule is Cc1[nH]nc(C(=O)NCCC(N)=O)c1N. The van der Waals surface area contributed by atoms with Crippen molar-refractivity contribution in [1.29, 1.82) is 0 Å². The Labute approximate surface area is 86.2 Å². The average Bonchev–Trinajstić information content (AvgIpc) is 2.47. The zero-order valence-corrected chi connectivity index (χ0v) is 8.33. The first-order valence-corrected chi connectivity index (χ1v) is 4.39. The van der Waals surface area contributed by atoms with Crippen LogP contribution in [0.5, 0.6) is 0 Å². The number of amides is 2. The largest absolute Gasteiger partial charge is 0.395 e. The number of nitrogens with two attached hydrogens (primary N) is 2. The van der Waals surface area contributed by atoms with Crippen LogP contribution in [0.3, 0.4) is 0 Å². The van der Waals surface area contributed by atoms with Crippen molar-refractivity contribution < 1.29 is 9.59 Å².